The van der Waals surface area contributed by atoms with Crippen LogP contribution in [0, 0.1) is 94.7 Å². The summed E-state index contributed by atoms with van der Waals surface area (Å²) in [6.45, 7) is 35.3. The lowest BCUT2D eigenvalue weighted by atomic mass is 10.1. The number of anilines is 4. The average Bonchev–Trinajstić information content (AvgIpc) is 3.31. The van der Waals surface area contributed by atoms with Gasteiger partial charge in [0.1, 0.15) is 0 Å². The molecule has 0 saturated heterocycles. The summed E-state index contributed by atoms with van der Waals surface area (Å²) in [7, 11) is 0. The Kier molecular flexibility index (Phi) is 20.1. The van der Waals surface area contributed by atoms with Gasteiger partial charge in [-0.05, 0) is 255 Å². The predicted octanol–water partition coefficient (Wildman–Crippen LogP) is 13.3. The molecule has 4 heteroatoms. The van der Waals surface area contributed by atoms with E-state index in [-0.39, 0.29) is 0 Å². The summed E-state index contributed by atoms with van der Waals surface area (Å²) in [5, 5.41) is 0. The highest BCUT2D eigenvalue weighted by Gasteiger charge is 2.17. The third-order valence-corrected chi connectivity index (χ3v) is 11.8. The first-order valence-corrected chi connectivity index (χ1v) is 25.5. The molecule has 0 radical (unpaired) electrons. The third-order valence-electron chi connectivity index (χ3n) is 11.8. The zero-order valence-electron chi connectivity index (χ0n) is 45.6. The molecular formula is C68H72N4. The Labute approximate surface area is 435 Å². The van der Waals surface area contributed by atoms with Crippen LogP contribution in [0.1, 0.15) is 133 Å². The highest BCUT2D eigenvalue weighted by atomic mass is 15.2. The van der Waals surface area contributed by atoms with E-state index in [0.717, 1.165) is 45.0 Å². The van der Waals surface area contributed by atoms with E-state index in [2.05, 4.69) is 274 Å². The molecular weight excluding hydrogens is 873 g/mol. The molecule has 0 unspecified atom stereocenters. The fourth-order valence-electron chi connectivity index (χ4n) is 9.18. The number of allylic oxidation sites excluding steroid dienone is 4. The second-order valence-electron chi connectivity index (χ2n) is 20.1. The van der Waals surface area contributed by atoms with E-state index in [4.69, 9.17) is 0 Å². The Morgan fingerprint density at radius 2 is 0.389 bits per heavy atom. The first-order chi connectivity index (χ1) is 34.3. The van der Waals surface area contributed by atoms with Gasteiger partial charge in [-0.3, -0.25) is 0 Å². The standard InChI is InChI=1S/C68H72N4/c1-49(2)69(50(3)4)65-41-29-57(30-42-65)25-37-61-21-17-18-23-63(39-27-59-33-45-67(46-34-59)71(53(9)10)54(11)12)64(40-28-60-35-47-68(48-36-60)72(55(13)14)56(15)16)24-20-19-22-62(61)38-26-58-31-43-66(44-32-58)70(51(5)6)52(7)8/h29-36,41-56H,1-16H3/b62-61-,64-63-. The molecule has 0 heterocycles. The molecule has 0 aliphatic heterocycles. The second kappa shape index (κ2) is 26.3. The molecule has 1 aliphatic carbocycles. The lowest BCUT2D eigenvalue weighted by molar-refractivity contribution is 0.608. The number of nitrogens with zero attached hydrogens (tertiary/aromatic N) is 4. The van der Waals surface area contributed by atoms with Crippen molar-refractivity contribution < 1.29 is 0 Å². The molecule has 4 aromatic carbocycles. The molecule has 72 heavy (non-hydrogen) atoms. The molecule has 0 atom stereocenters. The normalized spacial score (nSPS) is 13.8. The van der Waals surface area contributed by atoms with Crippen LogP contribution in [0.3, 0.4) is 0 Å². The molecule has 4 nitrogen and oxygen atoms in total. The lowest BCUT2D eigenvalue weighted by Crippen LogP contribution is -2.36. The van der Waals surface area contributed by atoms with Gasteiger partial charge in [-0.25, -0.2) is 0 Å². The minimum atomic E-state index is 0.355. The van der Waals surface area contributed by atoms with E-state index in [0.29, 0.717) is 70.6 Å². The van der Waals surface area contributed by atoms with Crippen molar-refractivity contribution in [2.75, 3.05) is 19.6 Å². The summed E-state index contributed by atoms with van der Waals surface area (Å²) >= 11 is 0. The van der Waals surface area contributed by atoms with Crippen LogP contribution in [0.5, 0.6) is 0 Å². The van der Waals surface area contributed by atoms with Gasteiger partial charge in [0.15, 0.2) is 0 Å². The van der Waals surface area contributed by atoms with Crippen molar-refractivity contribution in [3.8, 4) is 94.7 Å². The van der Waals surface area contributed by atoms with Crippen molar-refractivity contribution in [3.63, 3.8) is 0 Å². The zero-order chi connectivity index (χ0) is 52.5. The van der Waals surface area contributed by atoms with Crippen LogP contribution >= 0.6 is 0 Å². The molecule has 0 fully saturated rings. The fourth-order valence-corrected chi connectivity index (χ4v) is 9.18. The molecule has 0 aromatic heterocycles. The maximum absolute atomic E-state index is 3.34. The summed E-state index contributed by atoms with van der Waals surface area (Å²) in [4.78, 5) is 9.54. The number of rotatable bonds is 12. The second-order valence-corrected chi connectivity index (χ2v) is 20.1. The highest BCUT2D eigenvalue weighted by molar-refractivity contribution is 5.69. The minimum absolute atomic E-state index is 0.355. The van der Waals surface area contributed by atoms with Crippen molar-refractivity contribution >= 4 is 22.7 Å². The fraction of sp³-hybridized carbons (Fsp3) is 0.353. The summed E-state index contributed by atoms with van der Waals surface area (Å²) in [5.74, 6) is 51.9. The van der Waals surface area contributed by atoms with E-state index in [1.54, 1.807) is 0 Å². The molecule has 5 rings (SSSR count). The monoisotopic (exact) mass is 945 g/mol. The largest absolute Gasteiger partial charge is 0.367 e. The van der Waals surface area contributed by atoms with Crippen LogP contribution < -0.4 is 19.6 Å². The molecule has 0 N–H and O–H groups in total. The van der Waals surface area contributed by atoms with E-state index in [1.807, 2.05) is 48.5 Å². The Morgan fingerprint density at radius 3 is 0.528 bits per heavy atom. The molecule has 0 spiro atoms. The van der Waals surface area contributed by atoms with Gasteiger partial charge >= 0.3 is 0 Å². The first kappa shape index (κ1) is 55.0. The zero-order valence-corrected chi connectivity index (χ0v) is 45.6. The van der Waals surface area contributed by atoms with Crippen molar-refractivity contribution in [2.24, 2.45) is 0 Å². The van der Waals surface area contributed by atoms with Crippen LogP contribution in [0.2, 0.25) is 0 Å². The summed E-state index contributed by atoms with van der Waals surface area (Å²) in [6, 6.07) is 36.1. The van der Waals surface area contributed by atoms with Gasteiger partial charge in [0.05, 0.1) is 22.3 Å². The van der Waals surface area contributed by atoms with Crippen molar-refractivity contribution in [1.29, 1.82) is 0 Å². The topological polar surface area (TPSA) is 13.0 Å². The maximum Gasteiger partial charge on any atom is 0.0999 e. The Morgan fingerprint density at radius 1 is 0.236 bits per heavy atom. The SMILES string of the molecule is CC(C)N(c1ccc(C#C/C2=C(\C#Cc3ccc(N(C(C)C)C(C)C)cc3)C#CC#C/C(C#Cc3ccc(N(C(C)C)C(C)C)cc3)=C(/C#Cc3ccc(N(C(C)C)C(C)C)cc3)C#CC#C2)cc1)C(C)C. The van der Waals surface area contributed by atoms with Gasteiger partial charge in [-0.15, -0.1) is 0 Å². The van der Waals surface area contributed by atoms with E-state index in [9.17, 15) is 0 Å². The molecule has 0 saturated carbocycles. The number of hydrogen-bond donors (Lipinski definition) is 0. The van der Waals surface area contributed by atoms with Crippen molar-refractivity contribution in [3.05, 3.63) is 142 Å². The summed E-state index contributed by atoms with van der Waals surface area (Å²) in [6.07, 6.45) is 0. The maximum atomic E-state index is 3.34. The molecule has 4 aromatic rings. The Balaban J connectivity index is 1.67. The van der Waals surface area contributed by atoms with Gasteiger partial charge in [0.25, 0.3) is 0 Å². The van der Waals surface area contributed by atoms with Crippen molar-refractivity contribution in [1.82, 2.24) is 0 Å². The predicted molar refractivity (Wildman–Crippen MR) is 309 cm³/mol. The molecule has 1 aliphatic rings. The smallest absolute Gasteiger partial charge is 0.0999 e. The van der Waals surface area contributed by atoms with E-state index >= 15 is 0 Å². The van der Waals surface area contributed by atoms with E-state index in [1.165, 1.54) is 0 Å². The van der Waals surface area contributed by atoms with Crippen LogP contribution in [-0.2, 0) is 0 Å². The Bertz CT molecular complexity index is 2650. The van der Waals surface area contributed by atoms with Gasteiger partial charge in [0, 0.05) is 93.3 Å². The average molecular weight is 945 g/mol. The number of hydrogen-bond acceptors (Lipinski definition) is 4. The quantitative estimate of drug-likeness (QED) is 0.131. The van der Waals surface area contributed by atoms with Crippen LogP contribution in [0.25, 0.3) is 0 Å². The summed E-state index contributed by atoms with van der Waals surface area (Å²) in [5.41, 5.74) is 9.78. The van der Waals surface area contributed by atoms with Crippen molar-refractivity contribution in [2.45, 2.75) is 159 Å². The molecule has 364 valence electrons. The first-order valence-electron chi connectivity index (χ1n) is 25.5. The van der Waals surface area contributed by atoms with Gasteiger partial charge < -0.3 is 19.6 Å². The van der Waals surface area contributed by atoms with Gasteiger partial charge in [-0.1, -0.05) is 47.4 Å². The molecule has 0 bridgehead atoms. The Hall–Kier alpha value is -7.96. The van der Waals surface area contributed by atoms with Gasteiger partial charge in [0.2, 0.25) is 0 Å². The number of benzene rings is 4. The minimum Gasteiger partial charge on any atom is -0.367 e. The lowest BCUT2D eigenvalue weighted by Gasteiger charge is -2.33. The molecule has 0 amide bonds. The van der Waals surface area contributed by atoms with E-state index < -0.39 is 0 Å². The van der Waals surface area contributed by atoms with Crippen LogP contribution in [0.15, 0.2) is 119 Å². The summed E-state index contributed by atoms with van der Waals surface area (Å²) < 4.78 is 0. The third kappa shape index (κ3) is 15.5. The van der Waals surface area contributed by atoms with Gasteiger partial charge in [-0.2, -0.15) is 0 Å². The van der Waals surface area contributed by atoms with Crippen LogP contribution in [0.4, 0.5) is 22.7 Å². The highest BCUT2D eigenvalue weighted by Crippen LogP contribution is 2.24. The van der Waals surface area contributed by atoms with Crippen LogP contribution in [-0.4, -0.2) is 48.3 Å².